The van der Waals surface area contributed by atoms with E-state index in [2.05, 4.69) is 37.1 Å². The lowest BCUT2D eigenvalue weighted by molar-refractivity contribution is 0.0607. The third-order valence-corrected chi connectivity index (χ3v) is 7.60. The molecule has 190 valence electrons. The normalized spacial score (nSPS) is 20.9. The number of hydrogen-bond donors (Lipinski definition) is 2. The van der Waals surface area contributed by atoms with Crippen LogP contribution in [-0.2, 0) is 6.54 Å². The summed E-state index contributed by atoms with van der Waals surface area (Å²) in [5.41, 5.74) is 10.0. The summed E-state index contributed by atoms with van der Waals surface area (Å²) < 4.78 is 14.2. The number of likely N-dealkylation sites (tertiary alicyclic amines) is 1. The Balaban J connectivity index is 1.35. The van der Waals surface area contributed by atoms with E-state index in [-0.39, 0.29) is 5.82 Å². The molecule has 0 aliphatic carbocycles. The number of rotatable bonds is 7. The molecule has 1 atom stereocenters. The maximum absolute atomic E-state index is 14.2. The number of anilines is 1. The molecule has 10 heteroatoms. The quantitative estimate of drug-likeness (QED) is 0.326. The van der Waals surface area contributed by atoms with Gasteiger partial charge in [0.1, 0.15) is 11.6 Å². The van der Waals surface area contributed by atoms with Crippen LogP contribution < -0.4 is 16.1 Å². The summed E-state index contributed by atoms with van der Waals surface area (Å²) >= 11 is 12.5. The molecule has 2 aliphatic heterocycles. The molecule has 3 N–H and O–H groups in total. The van der Waals surface area contributed by atoms with E-state index in [1.165, 1.54) is 6.07 Å². The van der Waals surface area contributed by atoms with E-state index in [1.807, 2.05) is 6.07 Å². The Bertz CT molecular complexity index is 1040. The van der Waals surface area contributed by atoms with Gasteiger partial charge in [-0.3, -0.25) is 9.80 Å². The van der Waals surface area contributed by atoms with Crippen LogP contribution in [0.4, 0.5) is 10.2 Å². The predicted molar refractivity (Wildman–Crippen MR) is 142 cm³/mol. The molecule has 0 spiro atoms. The highest BCUT2D eigenvalue weighted by Crippen LogP contribution is 2.30. The van der Waals surface area contributed by atoms with E-state index in [9.17, 15) is 4.39 Å². The van der Waals surface area contributed by atoms with Gasteiger partial charge in [-0.2, -0.15) is 5.10 Å². The zero-order valence-corrected chi connectivity index (χ0v) is 21.9. The predicted octanol–water partition coefficient (Wildman–Crippen LogP) is 3.93. The molecule has 7 nitrogen and oxygen atoms in total. The van der Waals surface area contributed by atoms with Crippen molar-refractivity contribution in [2.75, 3.05) is 44.7 Å². The van der Waals surface area contributed by atoms with Crippen molar-refractivity contribution >= 4 is 34.9 Å². The number of piperazine rings is 1. The molecule has 3 heterocycles. The second-order valence-electron chi connectivity index (χ2n) is 9.24. The smallest absolute Gasteiger partial charge is 0.152 e. The Morgan fingerprint density at radius 2 is 1.97 bits per heavy atom. The van der Waals surface area contributed by atoms with Crippen molar-refractivity contribution in [3.05, 3.63) is 57.5 Å². The Labute approximate surface area is 217 Å². The minimum atomic E-state index is -0.223. The van der Waals surface area contributed by atoms with Crippen LogP contribution in [0, 0.1) is 5.82 Å². The van der Waals surface area contributed by atoms with Gasteiger partial charge in [0.25, 0.3) is 0 Å². The molecule has 4 rings (SSSR count). The molecule has 0 radical (unpaired) electrons. The monoisotopic (exact) mass is 521 g/mol. The maximum atomic E-state index is 14.2. The van der Waals surface area contributed by atoms with E-state index < -0.39 is 0 Å². The molecule has 0 bridgehead atoms. The van der Waals surface area contributed by atoms with Crippen LogP contribution in [-0.4, -0.2) is 72.5 Å². The van der Waals surface area contributed by atoms with Crippen molar-refractivity contribution in [2.24, 2.45) is 10.8 Å². The molecule has 1 aromatic carbocycles. The Morgan fingerprint density at radius 3 is 2.63 bits per heavy atom. The summed E-state index contributed by atoms with van der Waals surface area (Å²) in [7, 11) is 1.70. The standard InChI is InChI=1S/C25H34Cl2FN7/c1-3-20-16-34(25-22(27)12-18(14-31-25)24(29)32-30-2)10-11-35(20)21-6-8-33(9-7-21)15-17-4-5-19(26)13-23(17)28/h4-5,12-14,20-21,30H,3,6-11,15-16H2,1-2H3,(H2,29,32)/t20-/m0/s1. The lowest BCUT2D eigenvalue weighted by atomic mass is 9.97. The van der Waals surface area contributed by atoms with Crippen LogP contribution in [0.1, 0.15) is 37.3 Å². The molecule has 2 aromatic rings. The SMILES string of the molecule is CC[C@H]1CN(c2ncc(/C(N)=N/NC)cc2Cl)CCN1C1CCN(Cc2ccc(Cl)cc2F)CC1. The number of hydrogen-bond acceptors (Lipinski definition) is 6. The van der Waals surface area contributed by atoms with Gasteiger partial charge in [0.05, 0.1) is 5.02 Å². The summed E-state index contributed by atoms with van der Waals surface area (Å²) in [4.78, 5) is 11.9. The minimum Gasteiger partial charge on any atom is -0.382 e. The molecule has 0 saturated carbocycles. The fourth-order valence-corrected chi connectivity index (χ4v) is 5.64. The third-order valence-electron chi connectivity index (χ3n) is 7.08. The van der Waals surface area contributed by atoms with Gasteiger partial charge in [-0.1, -0.05) is 36.2 Å². The first-order valence-corrected chi connectivity index (χ1v) is 13.0. The Hall–Kier alpha value is -2.13. The van der Waals surface area contributed by atoms with Crippen LogP contribution in [0.15, 0.2) is 35.6 Å². The summed E-state index contributed by atoms with van der Waals surface area (Å²) in [6.45, 7) is 7.54. The van der Waals surface area contributed by atoms with Crippen molar-refractivity contribution < 1.29 is 4.39 Å². The van der Waals surface area contributed by atoms with Crippen LogP contribution in [0.3, 0.4) is 0 Å². The van der Waals surface area contributed by atoms with Crippen LogP contribution in [0.2, 0.25) is 10.0 Å². The zero-order chi connectivity index (χ0) is 24.9. The largest absolute Gasteiger partial charge is 0.382 e. The Morgan fingerprint density at radius 1 is 1.20 bits per heavy atom. The lowest BCUT2D eigenvalue weighted by Crippen LogP contribution is -2.58. The first kappa shape index (κ1) is 25.9. The van der Waals surface area contributed by atoms with E-state index in [0.29, 0.717) is 45.6 Å². The molecule has 0 amide bonds. The van der Waals surface area contributed by atoms with Gasteiger partial charge >= 0.3 is 0 Å². The minimum absolute atomic E-state index is 0.223. The molecule has 0 unspecified atom stereocenters. The number of piperidine rings is 1. The fourth-order valence-electron chi connectivity index (χ4n) is 5.19. The lowest BCUT2D eigenvalue weighted by Gasteiger charge is -2.47. The van der Waals surface area contributed by atoms with Crippen molar-refractivity contribution in [3.63, 3.8) is 0 Å². The van der Waals surface area contributed by atoms with Crippen LogP contribution >= 0.6 is 23.2 Å². The molecular formula is C25H34Cl2FN7. The highest BCUT2D eigenvalue weighted by Gasteiger charge is 2.34. The number of halogens is 3. The molecule has 2 fully saturated rings. The van der Waals surface area contributed by atoms with Crippen molar-refractivity contribution in [1.29, 1.82) is 0 Å². The van der Waals surface area contributed by atoms with Crippen molar-refractivity contribution in [1.82, 2.24) is 20.2 Å². The summed E-state index contributed by atoms with van der Waals surface area (Å²) in [6.07, 6.45) is 4.96. The molecule has 2 saturated heterocycles. The van der Waals surface area contributed by atoms with Crippen LogP contribution in [0.25, 0.3) is 0 Å². The van der Waals surface area contributed by atoms with E-state index in [1.54, 1.807) is 25.4 Å². The van der Waals surface area contributed by atoms with Gasteiger partial charge in [0.15, 0.2) is 5.84 Å². The average molecular weight is 523 g/mol. The Kier molecular flexibility index (Phi) is 8.70. The first-order chi connectivity index (χ1) is 16.9. The summed E-state index contributed by atoms with van der Waals surface area (Å²) in [5.74, 6) is 0.930. The van der Waals surface area contributed by atoms with Gasteiger partial charge in [-0.25, -0.2) is 9.37 Å². The number of pyridine rings is 1. The van der Waals surface area contributed by atoms with Gasteiger partial charge < -0.3 is 16.1 Å². The number of nitrogens with zero attached hydrogens (tertiary/aromatic N) is 5. The highest BCUT2D eigenvalue weighted by atomic mass is 35.5. The van der Waals surface area contributed by atoms with Crippen LogP contribution in [0.5, 0.6) is 0 Å². The molecule has 35 heavy (non-hydrogen) atoms. The maximum Gasteiger partial charge on any atom is 0.152 e. The number of aromatic nitrogens is 1. The van der Waals surface area contributed by atoms with Gasteiger partial charge in [-0.05, 0) is 50.6 Å². The summed E-state index contributed by atoms with van der Waals surface area (Å²) in [6, 6.07) is 7.75. The zero-order valence-electron chi connectivity index (χ0n) is 20.4. The van der Waals surface area contributed by atoms with Crippen molar-refractivity contribution in [2.45, 2.75) is 44.8 Å². The van der Waals surface area contributed by atoms with Gasteiger partial charge in [-0.15, -0.1) is 0 Å². The van der Waals surface area contributed by atoms with Gasteiger partial charge in [0.2, 0.25) is 0 Å². The fraction of sp³-hybridized carbons (Fsp3) is 0.520. The van der Waals surface area contributed by atoms with E-state index in [0.717, 1.165) is 57.8 Å². The number of nitrogens with two attached hydrogens (primary N) is 1. The molecular weight excluding hydrogens is 488 g/mol. The third kappa shape index (κ3) is 6.17. The second-order valence-corrected chi connectivity index (χ2v) is 10.1. The first-order valence-electron chi connectivity index (χ1n) is 12.2. The average Bonchev–Trinajstić information content (AvgIpc) is 2.86. The highest BCUT2D eigenvalue weighted by molar-refractivity contribution is 6.33. The van der Waals surface area contributed by atoms with Gasteiger partial charge in [0, 0.05) is 67.7 Å². The molecule has 2 aliphatic rings. The number of hydrazone groups is 1. The van der Waals surface area contributed by atoms with E-state index in [4.69, 9.17) is 28.9 Å². The second kappa shape index (κ2) is 11.7. The molecule has 1 aromatic heterocycles. The topological polar surface area (TPSA) is 73.0 Å². The number of amidine groups is 1. The van der Waals surface area contributed by atoms with E-state index >= 15 is 0 Å². The number of nitrogens with one attached hydrogen (secondary N) is 1. The number of benzene rings is 1. The van der Waals surface area contributed by atoms with Crippen molar-refractivity contribution in [3.8, 4) is 0 Å². The summed E-state index contributed by atoms with van der Waals surface area (Å²) in [5, 5.41) is 5.02.